The lowest BCUT2D eigenvalue weighted by molar-refractivity contribution is 0.303. The summed E-state index contributed by atoms with van der Waals surface area (Å²) in [5, 5.41) is 15.3. The first-order chi connectivity index (χ1) is 17.4. The SMILES string of the molecule is CCCc1c(OCc2cccc(-c3ccc(-c4nn[nH]n4)nc3)c2)ccc2c1ccn2CC(C)(C)C. The van der Waals surface area contributed by atoms with Gasteiger partial charge in [0.2, 0.25) is 5.82 Å². The Balaban J connectivity index is 1.36. The highest BCUT2D eigenvalue weighted by atomic mass is 16.5. The lowest BCUT2D eigenvalue weighted by Crippen LogP contribution is -2.14. The molecule has 5 rings (SSSR count). The second-order valence-electron chi connectivity index (χ2n) is 10.4. The number of H-pyrrole nitrogens is 1. The molecule has 0 saturated heterocycles. The van der Waals surface area contributed by atoms with Crippen LogP contribution in [0, 0.1) is 5.41 Å². The number of pyridine rings is 1. The topological polar surface area (TPSA) is 81.5 Å². The zero-order valence-electron chi connectivity index (χ0n) is 21.3. The Labute approximate surface area is 211 Å². The molecular weight excluding hydrogens is 448 g/mol. The number of aryl methyl sites for hydroxylation is 1. The number of tetrazole rings is 1. The van der Waals surface area contributed by atoms with Gasteiger partial charge in [0.25, 0.3) is 0 Å². The maximum atomic E-state index is 6.40. The number of hydrogen-bond donors (Lipinski definition) is 1. The number of rotatable bonds is 8. The zero-order valence-corrected chi connectivity index (χ0v) is 21.3. The number of hydrogen-bond acceptors (Lipinski definition) is 5. The smallest absolute Gasteiger partial charge is 0.222 e. The maximum absolute atomic E-state index is 6.40. The lowest BCUT2D eigenvalue weighted by atomic mass is 9.97. The summed E-state index contributed by atoms with van der Waals surface area (Å²) < 4.78 is 8.76. The van der Waals surface area contributed by atoms with E-state index >= 15 is 0 Å². The predicted molar refractivity (Wildman–Crippen MR) is 143 cm³/mol. The fourth-order valence-electron chi connectivity index (χ4n) is 4.57. The summed E-state index contributed by atoms with van der Waals surface area (Å²) in [6.07, 6.45) is 6.11. The van der Waals surface area contributed by atoms with Crippen molar-refractivity contribution in [1.29, 1.82) is 0 Å². The average molecular weight is 481 g/mol. The third kappa shape index (κ3) is 5.15. The molecule has 0 radical (unpaired) electrons. The van der Waals surface area contributed by atoms with Crippen LogP contribution >= 0.6 is 0 Å². The fraction of sp³-hybridized carbons (Fsp3) is 0.310. The molecule has 3 heterocycles. The Morgan fingerprint density at radius 2 is 1.89 bits per heavy atom. The number of nitrogens with zero attached hydrogens (tertiary/aromatic N) is 5. The second kappa shape index (κ2) is 9.93. The van der Waals surface area contributed by atoms with E-state index in [2.05, 4.69) is 107 Å². The Hall–Kier alpha value is -4.00. The summed E-state index contributed by atoms with van der Waals surface area (Å²) in [6, 6.07) is 18.9. The van der Waals surface area contributed by atoms with Crippen molar-refractivity contribution in [2.45, 2.75) is 53.7 Å². The molecule has 7 nitrogen and oxygen atoms in total. The number of benzene rings is 2. The van der Waals surface area contributed by atoms with Crippen molar-refractivity contribution in [1.82, 2.24) is 30.2 Å². The molecule has 0 fully saturated rings. The van der Waals surface area contributed by atoms with Crippen LogP contribution in [0.4, 0.5) is 0 Å². The van der Waals surface area contributed by atoms with Crippen LogP contribution in [0.1, 0.15) is 45.2 Å². The van der Waals surface area contributed by atoms with Crippen molar-refractivity contribution in [3.05, 3.63) is 78.1 Å². The van der Waals surface area contributed by atoms with Gasteiger partial charge in [-0.1, -0.05) is 58.4 Å². The molecule has 3 aromatic heterocycles. The second-order valence-corrected chi connectivity index (χ2v) is 10.4. The molecule has 0 aliphatic heterocycles. The highest BCUT2D eigenvalue weighted by Crippen LogP contribution is 2.32. The molecule has 1 N–H and O–H groups in total. The minimum Gasteiger partial charge on any atom is -0.489 e. The van der Waals surface area contributed by atoms with E-state index in [0.29, 0.717) is 18.1 Å². The fourth-order valence-corrected chi connectivity index (χ4v) is 4.57. The molecular formula is C29H32N6O. The van der Waals surface area contributed by atoms with Crippen molar-refractivity contribution >= 4 is 10.9 Å². The standard InChI is InChI=1S/C29H32N6O/c1-5-7-24-23-14-15-35(19-29(2,3)4)26(23)12-13-27(24)36-18-20-8-6-9-21(16-20)22-10-11-25(30-17-22)28-31-33-34-32-28/h6,8-17H,5,7,18-19H2,1-4H3,(H,31,32,33,34). The van der Waals surface area contributed by atoms with E-state index in [4.69, 9.17) is 4.74 Å². The van der Waals surface area contributed by atoms with Crippen LogP contribution in [0.5, 0.6) is 5.75 Å². The molecule has 0 unspecified atom stereocenters. The van der Waals surface area contributed by atoms with Crippen molar-refractivity contribution in [3.8, 4) is 28.4 Å². The van der Waals surface area contributed by atoms with Crippen LogP contribution in [-0.2, 0) is 19.6 Å². The first-order valence-corrected chi connectivity index (χ1v) is 12.4. The van der Waals surface area contributed by atoms with Gasteiger partial charge in [-0.05, 0) is 58.5 Å². The Bertz CT molecular complexity index is 1450. The van der Waals surface area contributed by atoms with E-state index in [9.17, 15) is 0 Å². The van der Waals surface area contributed by atoms with Crippen LogP contribution in [0.15, 0.2) is 67.0 Å². The third-order valence-electron chi connectivity index (χ3n) is 6.16. The van der Waals surface area contributed by atoms with Gasteiger partial charge in [0.05, 0.1) is 0 Å². The summed E-state index contributed by atoms with van der Waals surface area (Å²) in [6.45, 7) is 10.5. The largest absolute Gasteiger partial charge is 0.489 e. The quantitative estimate of drug-likeness (QED) is 0.276. The van der Waals surface area contributed by atoms with Gasteiger partial charge in [-0.3, -0.25) is 4.98 Å². The Kier molecular flexibility index (Phi) is 6.55. The minimum absolute atomic E-state index is 0.222. The minimum atomic E-state index is 0.222. The number of aromatic amines is 1. The van der Waals surface area contributed by atoms with E-state index in [1.165, 1.54) is 16.5 Å². The van der Waals surface area contributed by atoms with Gasteiger partial charge >= 0.3 is 0 Å². The Morgan fingerprint density at radius 3 is 2.61 bits per heavy atom. The van der Waals surface area contributed by atoms with Crippen molar-refractivity contribution < 1.29 is 4.74 Å². The van der Waals surface area contributed by atoms with Crippen molar-refractivity contribution in [2.24, 2.45) is 5.41 Å². The van der Waals surface area contributed by atoms with Gasteiger partial charge < -0.3 is 9.30 Å². The summed E-state index contributed by atoms with van der Waals surface area (Å²) in [4.78, 5) is 4.49. The lowest BCUT2D eigenvalue weighted by Gasteiger charge is -2.20. The zero-order chi connectivity index (χ0) is 25.1. The van der Waals surface area contributed by atoms with Crippen LogP contribution in [0.2, 0.25) is 0 Å². The highest BCUT2D eigenvalue weighted by Gasteiger charge is 2.16. The molecule has 7 heteroatoms. The van der Waals surface area contributed by atoms with Crippen LogP contribution < -0.4 is 4.74 Å². The normalized spacial score (nSPS) is 11.8. The molecule has 0 spiro atoms. The van der Waals surface area contributed by atoms with E-state index in [1.54, 1.807) is 0 Å². The maximum Gasteiger partial charge on any atom is 0.222 e. The van der Waals surface area contributed by atoms with Gasteiger partial charge in [-0.2, -0.15) is 5.21 Å². The Morgan fingerprint density at radius 1 is 1.00 bits per heavy atom. The molecule has 184 valence electrons. The third-order valence-corrected chi connectivity index (χ3v) is 6.16. The average Bonchev–Trinajstić information content (AvgIpc) is 3.54. The van der Waals surface area contributed by atoms with E-state index in [-0.39, 0.29) is 5.41 Å². The molecule has 36 heavy (non-hydrogen) atoms. The van der Waals surface area contributed by atoms with Crippen LogP contribution in [-0.4, -0.2) is 30.2 Å². The predicted octanol–water partition coefficient (Wildman–Crippen LogP) is 6.46. The molecule has 0 saturated carbocycles. The first-order valence-electron chi connectivity index (χ1n) is 12.4. The highest BCUT2D eigenvalue weighted by molar-refractivity contribution is 5.86. The molecule has 5 aromatic rings. The van der Waals surface area contributed by atoms with E-state index in [1.807, 2.05) is 18.3 Å². The van der Waals surface area contributed by atoms with Gasteiger partial charge in [0.15, 0.2) is 0 Å². The summed E-state index contributed by atoms with van der Waals surface area (Å²) in [7, 11) is 0. The number of ether oxygens (including phenoxy) is 1. The van der Waals surface area contributed by atoms with E-state index < -0.39 is 0 Å². The monoisotopic (exact) mass is 480 g/mol. The molecule has 0 bridgehead atoms. The summed E-state index contributed by atoms with van der Waals surface area (Å²) >= 11 is 0. The van der Waals surface area contributed by atoms with E-state index in [0.717, 1.165) is 41.8 Å². The van der Waals surface area contributed by atoms with Crippen LogP contribution in [0.25, 0.3) is 33.5 Å². The van der Waals surface area contributed by atoms with Crippen molar-refractivity contribution in [3.63, 3.8) is 0 Å². The molecule has 2 aromatic carbocycles. The molecule has 0 aliphatic rings. The molecule has 0 aliphatic carbocycles. The van der Waals surface area contributed by atoms with Gasteiger partial charge in [-0.25, -0.2) is 0 Å². The van der Waals surface area contributed by atoms with Gasteiger partial charge in [0, 0.05) is 41.0 Å². The van der Waals surface area contributed by atoms with Gasteiger partial charge in [0.1, 0.15) is 18.1 Å². The number of fused-ring (bicyclic) bond motifs is 1. The van der Waals surface area contributed by atoms with Crippen LogP contribution in [0.3, 0.4) is 0 Å². The van der Waals surface area contributed by atoms with Gasteiger partial charge in [-0.15, -0.1) is 10.2 Å². The molecule has 0 atom stereocenters. The summed E-state index contributed by atoms with van der Waals surface area (Å²) in [5.74, 6) is 1.45. The molecule has 0 amide bonds. The number of aromatic nitrogens is 6. The number of nitrogens with one attached hydrogen (secondary N) is 1. The summed E-state index contributed by atoms with van der Waals surface area (Å²) in [5.41, 5.74) is 6.70. The first kappa shape index (κ1) is 23.7. The van der Waals surface area contributed by atoms with Crippen molar-refractivity contribution in [2.75, 3.05) is 0 Å².